The van der Waals surface area contributed by atoms with Crippen LogP contribution in [0.5, 0.6) is 0 Å². The van der Waals surface area contributed by atoms with E-state index in [0.29, 0.717) is 11.5 Å². The Balaban J connectivity index is 2.07. The molecule has 2 nitrogen and oxygen atoms in total. The normalized spacial score (nSPS) is 12.8. The van der Waals surface area contributed by atoms with Gasteiger partial charge in [0.25, 0.3) is 0 Å². The van der Waals surface area contributed by atoms with Crippen molar-refractivity contribution in [2.45, 2.75) is 6.10 Å². The molecule has 2 aromatic carbocycles. The van der Waals surface area contributed by atoms with E-state index in [0.717, 1.165) is 12.1 Å². The van der Waals surface area contributed by atoms with Gasteiger partial charge in [-0.25, -0.2) is 13.2 Å². The van der Waals surface area contributed by atoms with Gasteiger partial charge in [-0.05, 0) is 29.8 Å². The van der Waals surface area contributed by atoms with Crippen LogP contribution in [0, 0.1) is 17.5 Å². The minimum Gasteiger partial charge on any atom is -0.455 e. The van der Waals surface area contributed by atoms with Crippen molar-refractivity contribution in [2.75, 3.05) is 0 Å². The summed E-state index contributed by atoms with van der Waals surface area (Å²) in [6.45, 7) is 0. The average Bonchev–Trinajstić information content (AvgIpc) is 2.82. The molecule has 0 aliphatic rings. The number of hydrogen-bond acceptors (Lipinski definition) is 2. The number of halogens is 3. The summed E-state index contributed by atoms with van der Waals surface area (Å²) in [5.41, 5.74) is 0.000360. The van der Waals surface area contributed by atoms with Gasteiger partial charge >= 0.3 is 0 Å². The van der Waals surface area contributed by atoms with Gasteiger partial charge in [0.15, 0.2) is 11.4 Å². The van der Waals surface area contributed by atoms with E-state index in [2.05, 4.69) is 0 Å². The van der Waals surface area contributed by atoms with Crippen molar-refractivity contribution < 1.29 is 22.7 Å². The van der Waals surface area contributed by atoms with Crippen LogP contribution in [0.3, 0.4) is 0 Å². The molecule has 1 atom stereocenters. The minimum absolute atomic E-state index is 0.00146. The first kappa shape index (κ1) is 12.7. The maximum absolute atomic E-state index is 13.5. The largest absolute Gasteiger partial charge is 0.455 e. The fourth-order valence-electron chi connectivity index (χ4n) is 2.08. The number of furan rings is 1. The van der Waals surface area contributed by atoms with E-state index in [1.807, 2.05) is 0 Å². The molecule has 1 heterocycles. The summed E-state index contributed by atoms with van der Waals surface area (Å²) >= 11 is 0. The number of aliphatic hydroxyl groups excluding tert-OH is 1. The number of fused-ring (bicyclic) bond motifs is 1. The first-order valence-electron chi connectivity index (χ1n) is 5.86. The second-order valence-corrected chi connectivity index (χ2v) is 4.41. The molecule has 0 saturated carbocycles. The van der Waals surface area contributed by atoms with Gasteiger partial charge in [-0.2, -0.15) is 0 Å². The Bertz CT molecular complexity index is 760. The Labute approximate surface area is 112 Å². The average molecular weight is 278 g/mol. The van der Waals surface area contributed by atoms with Crippen LogP contribution in [0.4, 0.5) is 13.2 Å². The molecule has 5 heteroatoms. The Morgan fingerprint density at radius 3 is 2.30 bits per heavy atom. The van der Waals surface area contributed by atoms with Gasteiger partial charge in [0.1, 0.15) is 23.5 Å². The van der Waals surface area contributed by atoms with Crippen molar-refractivity contribution in [3.05, 3.63) is 71.2 Å². The first-order chi connectivity index (χ1) is 9.54. The molecule has 0 spiro atoms. The Hall–Kier alpha value is -2.27. The zero-order valence-electron chi connectivity index (χ0n) is 10.1. The fraction of sp³-hybridized carbons (Fsp3) is 0.0667. The molecule has 20 heavy (non-hydrogen) atoms. The van der Waals surface area contributed by atoms with Crippen LogP contribution in [0.1, 0.15) is 17.4 Å². The molecule has 1 aromatic heterocycles. The topological polar surface area (TPSA) is 33.4 Å². The van der Waals surface area contributed by atoms with Crippen LogP contribution < -0.4 is 0 Å². The molecule has 3 rings (SSSR count). The summed E-state index contributed by atoms with van der Waals surface area (Å²) in [5.74, 6) is -2.15. The van der Waals surface area contributed by atoms with Gasteiger partial charge in [0.2, 0.25) is 0 Å². The lowest BCUT2D eigenvalue weighted by molar-refractivity contribution is 0.191. The predicted octanol–water partition coefficient (Wildman–Crippen LogP) is 3.93. The standard InChI is InChI=1S/C15H9F3O2/c16-10-4-9(5-11(17)7-10)14(19)13-6-8-2-1-3-12(18)15(8)20-13/h1-7,14,19H. The summed E-state index contributed by atoms with van der Waals surface area (Å²) < 4.78 is 45.0. The highest BCUT2D eigenvalue weighted by molar-refractivity contribution is 5.78. The third-order valence-electron chi connectivity index (χ3n) is 2.99. The van der Waals surface area contributed by atoms with E-state index in [-0.39, 0.29) is 16.9 Å². The van der Waals surface area contributed by atoms with Gasteiger partial charge in [0, 0.05) is 11.5 Å². The monoisotopic (exact) mass is 278 g/mol. The molecule has 0 saturated heterocycles. The molecule has 1 N–H and O–H groups in total. The zero-order valence-corrected chi connectivity index (χ0v) is 10.1. The zero-order chi connectivity index (χ0) is 14.3. The predicted molar refractivity (Wildman–Crippen MR) is 66.6 cm³/mol. The lowest BCUT2D eigenvalue weighted by Gasteiger charge is -2.08. The second-order valence-electron chi connectivity index (χ2n) is 4.41. The van der Waals surface area contributed by atoms with E-state index in [1.165, 1.54) is 18.2 Å². The fourth-order valence-corrected chi connectivity index (χ4v) is 2.08. The number of rotatable bonds is 2. The summed E-state index contributed by atoms with van der Waals surface area (Å²) in [5, 5.41) is 10.6. The van der Waals surface area contributed by atoms with Crippen LogP contribution in [-0.2, 0) is 0 Å². The van der Waals surface area contributed by atoms with E-state index in [9.17, 15) is 18.3 Å². The molecule has 0 fully saturated rings. The Morgan fingerprint density at radius 2 is 1.65 bits per heavy atom. The quantitative estimate of drug-likeness (QED) is 0.770. The third-order valence-corrected chi connectivity index (χ3v) is 2.99. The summed E-state index contributed by atoms with van der Waals surface area (Å²) in [7, 11) is 0. The molecule has 0 amide bonds. The highest BCUT2D eigenvalue weighted by Gasteiger charge is 2.18. The Morgan fingerprint density at radius 1 is 0.950 bits per heavy atom. The first-order valence-corrected chi connectivity index (χ1v) is 5.86. The molecule has 1 unspecified atom stereocenters. The van der Waals surface area contributed by atoms with Crippen LogP contribution in [0.2, 0.25) is 0 Å². The number of hydrogen-bond donors (Lipinski definition) is 1. The maximum atomic E-state index is 13.5. The van der Waals surface area contributed by atoms with Crippen molar-refractivity contribution in [3.8, 4) is 0 Å². The number of benzene rings is 2. The van der Waals surface area contributed by atoms with Gasteiger partial charge < -0.3 is 9.52 Å². The Kier molecular flexibility index (Phi) is 2.99. The van der Waals surface area contributed by atoms with E-state index in [1.54, 1.807) is 6.07 Å². The lowest BCUT2D eigenvalue weighted by atomic mass is 10.1. The van der Waals surface area contributed by atoms with Crippen LogP contribution in [-0.4, -0.2) is 5.11 Å². The van der Waals surface area contributed by atoms with Crippen molar-refractivity contribution in [1.82, 2.24) is 0 Å². The van der Waals surface area contributed by atoms with Crippen molar-refractivity contribution in [2.24, 2.45) is 0 Å². The van der Waals surface area contributed by atoms with Gasteiger partial charge in [-0.15, -0.1) is 0 Å². The molecule has 0 aliphatic carbocycles. The molecule has 0 radical (unpaired) electrons. The summed E-state index contributed by atoms with van der Waals surface area (Å²) in [6, 6.07) is 8.48. The van der Waals surface area contributed by atoms with Crippen molar-refractivity contribution >= 4 is 11.0 Å². The molecular formula is C15H9F3O2. The highest BCUT2D eigenvalue weighted by atomic mass is 19.1. The van der Waals surface area contributed by atoms with Gasteiger partial charge in [-0.1, -0.05) is 12.1 Å². The van der Waals surface area contributed by atoms with Crippen molar-refractivity contribution in [1.29, 1.82) is 0 Å². The van der Waals surface area contributed by atoms with E-state index < -0.39 is 23.6 Å². The maximum Gasteiger partial charge on any atom is 0.170 e. The molecular weight excluding hydrogens is 269 g/mol. The van der Waals surface area contributed by atoms with E-state index in [4.69, 9.17) is 4.42 Å². The molecule has 102 valence electrons. The molecule has 3 aromatic rings. The molecule has 0 bridgehead atoms. The SMILES string of the molecule is OC(c1cc(F)cc(F)c1)c1cc2cccc(F)c2o1. The number of para-hydroxylation sites is 1. The van der Waals surface area contributed by atoms with Crippen molar-refractivity contribution in [3.63, 3.8) is 0 Å². The van der Waals surface area contributed by atoms with Gasteiger partial charge in [0.05, 0.1) is 0 Å². The molecule has 0 aliphatic heterocycles. The third kappa shape index (κ3) is 2.16. The van der Waals surface area contributed by atoms with Crippen LogP contribution in [0.15, 0.2) is 46.9 Å². The second kappa shape index (κ2) is 4.68. The lowest BCUT2D eigenvalue weighted by Crippen LogP contribution is -1.99. The van der Waals surface area contributed by atoms with E-state index >= 15 is 0 Å². The summed E-state index contributed by atoms with van der Waals surface area (Å²) in [6.07, 6.45) is -1.37. The van der Waals surface area contributed by atoms with Crippen LogP contribution in [0.25, 0.3) is 11.0 Å². The van der Waals surface area contributed by atoms with Crippen LogP contribution >= 0.6 is 0 Å². The number of aliphatic hydroxyl groups is 1. The smallest absolute Gasteiger partial charge is 0.170 e. The summed E-state index contributed by atoms with van der Waals surface area (Å²) in [4.78, 5) is 0. The highest BCUT2D eigenvalue weighted by Crippen LogP contribution is 2.30. The minimum atomic E-state index is -1.37. The van der Waals surface area contributed by atoms with Gasteiger partial charge in [-0.3, -0.25) is 0 Å².